The molecule has 3 nitrogen and oxygen atoms in total. The molecule has 0 aromatic heterocycles. The van der Waals surface area contributed by atoms with E-state index in [1.165, 1.54) is 25.8 Å². The molecule has 0 bridgehead atoms. The molecule has 2 aliphatic rings. The Balaban J connectivity index is 1.87. The van der Waals surface area contributed by atoms with Gasteiger partial charge in [0.05, 0.1) is 6.10 Å². The molecule has 0 aromatic rings. The van der Waals surface area contributed by atoms with Gasteiger partial charge in [-0.15, -0.1) is 0 Å². The molecule has 2 N–H and O–H groups in total. The van der Waals surface area contributed by atoms with E-state index >= 15 is 0 Å². The summed E-state index contributed by atoms with van der Waals surface area (Å²) < 4.78 is 0. The fourth-order valence-electron chi connectivity index (χ4n) is 3.09. The molecule has 0 amide bonds. The molecule has 3 atom stereocenters. The highest BCUT2D eigenvalue weighted by Gasteiger charge is 2.32. The molecule has 106 valence electrons. The fourth-order valence-corrected chi connectivity index (χ4v) is 3.09. The minimum atomic E-state index is -0.108. The summed E-state index contributed by atoms with van der Waals surface area (Å²) in [6, 6.07) is 2.05. The van der Waals surface area contributed by atoms with Crippen LogP contribution in [0.3, 0.4) is 0 Å². The van der Waals surface area contributed by atoms with E-state index in [0.29, 0.717) is 18.0 Å². The van der Waals surface area contributed by atoms with Crippen molar-refractivity contribution in [3.63, 3.8) is 0 Å². The summed E-state index contributed by atoms with van der Waals surface area (Å²) in [5.74, 6) is 0.660. The quantitative estimate of drug-likeness (QED) is 0.761. The Labute approximate surface area is 112 Å². The van der Waals surface area contributed by atoms with Crippen molar-refractivity contribution in [2.45, 2.75) is 77.1 Å². The summed E-state index contributed by atoms with van der Waals surface area (Å²) in [6.07, 6.45) is 5.72. The summed E-state index contributed by atoms with van der Waals surface area (Å²) in [5, 5.41) is 13.7. The van der Waals surface area contributed by atoms with Gasteiger partial charge in [0.15, 0.2) is 0 Å². The van der Waals surface area contributed by atoms with Gasteiger partial charge >= 0.3 is 0 Å². The molecule has 18 heavy (non-hydrogen) atoms. The van der Waals surface area contributed by atoms with Crippen LogP contribution in [0.4, 0.5) is 0 Å². The Morgan fingerprint density at radius 2 is 1.94 bits per heavy atom. The third kappa shape index (κ3) is 4.22. The molecule has 2 rings (SSSR count). The van der Waals surface area contributed by atoms with Crippen LogP contribution in [-0.2, 0) is 0 Å². The average molecular weight is 254 g/mol. The minimum absolute atomic E-state index is 0.108. The van der Waals surface area contributed by atoms with Crippen molar-refractivity contribution in [1.29, 1.82) is 0 Å². The molecule has 0 radical (unpaired) electrons. The number of hydrogen-bond donors (Lipinski definition) is 2. The summed E-state index contributed by atoms with van der Waals surface area (Å²) in [6.45, 7) is 9.00. The van der Waals surface area contributed by atoms with Crippen LogP contribution in [0.1, 0.15) is 52.9 Å². The summed E-state index contributed by atoms with van der Waals surface area (Å²) in [4.78, 5) is 2.58. The summed E-state index contributed by atoms with van der Waals surface area (Å²) in [5.41, 5.74) is 0. The molecule has 1 saturated carbocycles. The average Bonchev–Trinajstić information content (AvgIpc) is 3.12. The first-order valence-electron chi connectivity index (χ1n) is 7.76. The van der Waals surface area contributed by atoms with Gasteiger partial charge in [0, 0.05) is 31.2 Å². The predicted octanol–water partition coefficient (Wildman–Crippen LogP) is 2.00. The first-order valence-corrected chi connectivity index (χ1v) is 7.76. The van der Waals surface area contributed by atoms with Crippen molar-refractivity contribution in [2.75, 3.05) is 13.1 Å². The van der Waals surface area contributed by atoms with Crippen LogP contribution in [0.25, 0.3) is 0 Å². The third-order valence-electron chi connectivity index (χ3n) is 4.42. The lowest BCUT2D eigenvalue weighted by Gasteiger charge is -2.41. The molecular formula is C15H30N2O. The Morgan fingerprint density at radius 3 is 2.50 bits per heavy atom. The highest BCUT2D eigenvalue weighted by molar-refractivity contribution is 4.91. The van der Waals surface area contributed by atoms with Gasteiger partial charge in [-0.05, 0) is 51.9 Å². The van der Waals surface area contributed by atoms with E-state index in [1.54, 1.807) is 0 Å². The summed E-state index contributed by atoms with van der Waals surface area (Å²) in [7, 11) is 0. The van der Waals surface area contributed by atoms with Gasteiger partial charge in [-0.25, -0.2) is 0 Å². The fraction of sp³-hybridized carbons (Fsp3) is 1.00. The van der Waals surface area contributed by atoms with Crippen molar-refractivity contribution in [3.8, 4) is 0 Å². The van der Waals surface area contributed by atoms with Crippen LogP contribution < -0.4 is 5.32 Å². The van der Waals surface area contributed by atoms with Crippen LogP contribution in [0, 0.1) is 5.92 Å². The van der Waals surface area contributed by atoms with E-state index in [1.807, 2.05) is 0 Å². The van der Waals surface area contributed by atoms with E-state index in [4.69, 9.17) is 0 Å². The molecule has 0 aromatic carbocycles. The molecule has 0 spiro atoms. The van der Waals surface area contributed by atoms with Gasteiger partial charge in [-0.3, -0.25) is 4.90 Å². The topological polar surface area (TPSA) is 35.5 Å². The maximum Gasteiger partial charge on any atom is 0.0540 e. The van der Waals surface area contributed by atoms with Gasteiger partial charge < -0.3 is 10.4 Å². The molecule has 2 fully saturated rings. The van der Waals surface area contributed by atoms with Crippen LogP contribution in [-0.4, -0.2) is 47.3 Å². The first kappa shape index (κ1) is 14.3. The normalized spacial score (nSPS) is 31.8. The highest BCUT2D eigenvalue weighted by Crippen LogP contribution is 2.27. The maximum atomic E-state index is 9.88. The molecule has 1 heterocycles. The van der Waals surface area contributed by atoms with Gasteiger partial charge in [0.1, 0.15) is 0 Å². The maximum absolute atomic E-state index is 9.88. The largest absolute Gasteiger partial charge is 0.393 e. The Bertz CT molecular complexity index is 253. The van der Waals surface area contributed by atoms with Crippen LogP contribution in [0.15, 0.2) is 0 Å². The number of piperidine rings is 1. The number of nitrogens with zero attached hydrogens (tertiary/aromatic N) is 1. The van der Waals surface area contributed by atoms with Crippen molar-refractivity contribution in [1.82, 2.24) is 10.2 Å². The SMILES string of the molecule is CCC(O)CC1CC(NC2CC2)CN(C(C)C)C1. The van der Waals surface area contributed by atoms with Gasteiger partial charge in [-0.2, -0.15) is 0 Å². The van der Waals surface area contributed by atoms with Crippen LogP contribution >= 0.6 is 0 Å². The number of aliphatic hydroxyl groups excluding tert-OH is 1. The Kier molecular flexibility index (Phi) is 5.05. The zero-order valence-corrected chi connectivity index (χ0v) is 12.2. The zero-order chi connectivity index (χ0) is 13.1. The molecule has 1 saturated heterocycles. The Morgan fingerprint density at radius 1 is 1.22 bits per heavy atom. The van der Waals surface area contributed by atoms with Crippen molar-refractivity contribution < 1.29 is 5.11 Å². The van der Waals surface area contributed by atoms with Crippen molar-refractivity contribution in [2.24, 2.45) is 5.92 Å². The van der Waals surface area contributed by atoms with Crippen molar-refractivity contribution in [3.05, 3.63) is 0 Å². The van der Waals surface area contributed by atoms with E-state index in [0.717, 1.165) is 25.4 Å². The van der Waals surface area contributed by atoms with E-state index < -0.39 is 0 Å². The smallest absolute Gasteiger partial charge is 0.0540 e. The lowest BCUT2D eigenvalue weighted by Crippen LogP contribution is -2.52. The first-order chi connectivity index (χ1) is 8.58. The number of aliphatic hydroxyl groups is 1. The summed E-state index contributed by atoms with van der Waals surface area (Å²) >= 11 is 0. The molecule has 1 aliphatic heterocycles. The standard InChI is InChI=1S/C15H30N2O/c1-4-15(18)8-12-7-14(16-13-5-6-13)10-17(9-12)11(2)3/h11-16,18H,4-10H2,1-3H3. The van der Waals surface area contributed by atoms with E-state index in [2.05, 4.69) is 31.0 Å². The predicted molar refractivity (Wildman–Crippen MR) is 75.7 cm³/mol. The van der Waals surface area contributed by atoms with Crippen LogP contribution in [0.2, 0.25) is 0 Å². The number of nitrogens with one attached hydrogen (secondary N) is 1. The number of hydrogen-bond acceptors (Lipinski definition) is 3. The zero-order valence-electron chi connectivity index (χ0n) is 12.2. The molecular weight excluding hydrogens is 224 g/mol. The lowest BCUT2D eigenvalue weighted by molar-refractivity contribution is 0.0691. The monoisotopic (exact) mass is 254 g/mol. The number of rotatable bonds is 6. The highest BCUT2D eigenvalue weighted by atomic mass is 16.3. The van der Waals surface area contributed by atoms with Gasteiger partial charge in [0.2, 0.25) is 0 Å². The Hall–Kier alpha value is -0.120. The van der Waals surface area contributed by atoms with E-state index in [9.17, 15) is 5.11 Å². The lowest BCUT2D eigenvalue weighted by atomic mass is 9.88. The van der Waals surface area contributed by atoms with Crippen molar-refractivity contribution >= 4 is 0 Å². The molecule has 3 unspecified atom stereocenters. The van der Waals surface area contributed by atoms with Crippen LogP contribution in [0.5, 0.6) is 0 Å². The van der Waals surface area contributed by atoms with Gasteiger partial charge in [-0.1, -0.05) is 6.92 Å². The number of likely N-dealkylation sites (tertiary alicyclic amines) is 1. The second-order valence-electron chi connectivity index (χ2n) is 6.59. The molecule has 1 aliphatic carbocycles. The second kappa shape index (κ2) is 6.36. The molecule has 3 heteroatoms. The van der Waals surface area contributed by atoms with Gasteiger partial charge in [0.25, 0.3) is 0 Å². The minimum Gasteiger partial charge on any atom is -0.393 e. The second-order valence-corrected chi connectivity index (χ2v) is 6.59. The van der Waals surface area contributed by atoms with E-state index in [-0.39, 0.29) is 6.10 Å². The third-order valence-corrected chi connectivity index (χ3v) is 4.42.